The number of nitro benzene ring substituents is 1. The Bertz CT molecular complexity index is 551. The molecule has 0 atom stereocenters. The van der Waals surface area contributed by atoms with Crippen molar-refractivity contribution >= 4 is 16.6 Å². The molecular weight excluding hydrogens is 237 g/mol. The van der Waals surface area contributed by atoms with Crippen LogP contribution in [0.25, 0.3) is 10.9 Å². The summed E-state index contributed by atoms with van der Waals surface area (Å²) in [5.74, 6) is -0.825. The molecule has 0 amide bonds. The summed E-state index contributed by atoms with van der Waals surface area (Å²) < 4.78 is 14.9. The molecule has 18 heavy (non-hydrogen) atoms. The van der Waals surface area contributed by atoms with Crippen molar-refractivity contribution in [3.63, 3.8) is 0 Å². The number of fused-ring (bicyclic) bond motifs is 1. The molecule has 0 N–H and O–H groups in total. The maximum Gasteiger partial charge on any atom is 0.306 e. The van der Waals surface area contributed by atoms with Crippen LogP contribution >= 0.6 is 0 Å². The molecule has 1 aromatic carbocycles. The Hall–Kier alpha value is -1.98. The average Bonchev–Trinajstić information content (AvgIpc) is 2.73. The van der Waals surface area contributed by atoms with E-state index in [0.29, 0.717) is 17.4 Å². The number of hydrogen-bond donors (Lipinski definition) is 0. The highest BCUT2D eigenvalue weighted by Gasteiger charge is 2.17. The number of halogens is 1. The maximum absolute atomic E-state index is 13.3. The van der Waals surface area contributed by atoms with Crippen LogP contribution in [-0.2, 0) is 6.54 Å². The largest absolute Gasteiger partial charge is 0.306 e. The van der Waals surface area contributed by atoms with Gasteiger partial charge in [0.15, 0.2) is 0 Å². The Balaban J connectivity index is 0.000000771. The van der Waals surface area contributed by atoms with Gasteiger partial charge in [-0.05, 0) is 12.5 Å². The molecule has 0 saturated heterocycles. The van der Waals surface area contributed by atoms with Crippen molar-refractivity contribution in [2.45, 2.75) is 33.7 Å². The predicted octanol–water partition coefficient (Wildman–Crippen LogP) is 3.52. The molecule has 2 rings (SSSR count). The van der Waals surface area contributed by atoms with Crippen LogP contribution in [0.3, 0.4) is 0 Å². The van der Waals surface area contributed by atoms with Crippen molar-refractivity contribution in [1.82, 2.24) is 9.78 Å². The molecule has 0 fully saturated rings. The lowest BCUT2D eigenvalue weighted by Crippen LogP contribution is -1.99. The van der Waals surface area contributed by atoms with Crippen LogP contribution in [0.15, 0.2) is 18.3 Å². The van der Waals surface area contributed by atoms with Crippen LogP contribution in [0, 0.1) is 15.9 Å². The van der Waals surface area contributed by atoms with Gasteiger partial charge in [0.25, 0.3) is 0 Å². The predicted molar refractivity (Wildman–Crippen MR) is 68.0 cm³/mol. The highest BCUT2D eigenvalue weighted by Crippen LogP contribution is 2.24. The molecule has 98 valence electrons. The van der Waals surface area contributed by atoms with E-state index in [1.807, 2.05) is 20.8 Å². The third-order valence-electron chi connectivity index (χ3n) is 2.34. The van der Waals surface area contributed by atoms with Crippen molar-refractivity contribution in [1.29, 1.82) is 0 Å². The Labute approximate surface area is 104 Å². The lowest BCUT2D eigenvalue weighted by atomic mass is 10.2. The lowest BCUT2D eigenvalue weighted by Gasteiger charge is -2.00. The Kier molecular flexibility index (Phi) is 4.76. The minimum Gasteiger partial charge on any atom is -0.265 e. The van der Waals surface area contributed by atoms with E-state index in [9.17, 15) is 14.5 Å². The topological polar surface area (TPSA) is 61.0 Å². The van der Waals surface area contributed by atoms with Gasteiger partial charge in [-0.1, -0.05) is 20.8 Å². The maximum atomic E-state index is 13.3. The summed E-state index contributed by atoms with van der Waals surface area (Å²) in [6.45, 7) is 6.64. The summed E-state index contributed by atoms with van der Waals surface area (Å²) in [6.07, 6.45) is 2.37. The minimum absolute atomic E-state index is 0.509. The summed E-state index contributed by atoms with van der Waals surface area (Å²) in [5, 5.41) is 15.2. The number of rotatable bonds is 3. The first-order valence-electron chi connectivity index (χ1n) is 5.93. The quantitative estimate of drug-likeness (QED) is 0.621. The molecule has 1 heterocycles. The fourth-order valence-corrected chi connectivity index (χ4v) is 1.62. The molecule has 0 aliphatic rings. The Morgan fingerprint density at radius 3 is 2.67 bits per heavy atom. The molecule has 1 aromatic heterocycles. The zero-order valence-corrected chi connectivity index (χ0v) is 10.7. The van der Waals surface area contributed by atoms with Gasteiger partial charge in [-0.25, -0.2) is 0 Å². The summed E-state index contributed by atoms with van der Waals surface area (Å²) in [4.78, 5) is 9.87. The highest BCUT2D eigenvalue weighted by atomic mass is 19.1. The normalized spacial score (nSPS) is 10.0. The molecule has 0 unspecified atom stereocenters. The van der Waals surface area contributed by atoms with E-state index in [-0.39, 0.29) is 0 Å². The van der Waals surface area contributed by atoms with Crippen LogP contribution in [0.4, 0.5) is 10.1 Å². The number of aryl methyl sites for hydroxylation is 1. The van der Waals surface area contributed by atoms with E-state index in [1.54, 1.807) is 4.68 Å². The Morgan fingerprint density at radius 2 is 2.11 bits per heavy atom. The first kappa shape index (κ1) is 14.1. The van der Waals surface area contributed by atoms with Gasteiger partial charge in [0.1, 0.15) is 0 Å². The molecule has 0 aliphatic heterocycles. The van der Waals surface area contributed by atoms with E-state index in [2.05, 4.69) is 5.10 Å². The smallest absolute Gasteiger partial charge is 0.265 e. The van der Waals surface area contributed by atoms with Gasteiger partial charge in [0.2, 0.25) is 5.82 Å². The van der Waals surface area contributed by atoms with E-state index >= 15 is 0 Å². The summed E-state index contributed by atoms with van der Waals surface area (Å²) in [6, 6.07) is 2.37. The van der Waals surface area contributed by atoms with Crippen molar-refractivity contribution in [3.8, 4) is 0 Å². The second-order valence-corrected chi connectivity index (χ2v) is 3.49. The van der Waals surface area contributed by atoms with Crippen molar-refractivity contribution < 1.29 is 9.31 Å². The van der Waals surface area contributed by atoms with Gasteiger partial charge in [-0.15, -0.1) is 0 Å². The van der Waals surface area contributed by atoms with Gasteiger partial charge < -0.3 is 0 Å². The summed E-state index contributed by atoms with van der Waals surface area (Å²) >= 11 is 0. The summed E-state index contributed by atoms with van der Waals surface area (Å²) in [7, 11) is 0. The number of nitrogens with zero attached hydrogens (tertiary/aromatic N) is 3. The Morgan fingerprint density at radius 1 is 1.44 bits per heavy atom. The van der Waals surface area contributed by atoms with E-state index < -0.39 is 16.4 Å². The minimum atomic E-state index is -0.825. The SMILES string of the molecule is CC.CCCn1ncc2cc(F)c([N+](=O)[O-])cc21. The lowest BCUT2D eigenvalue weighted by molar-refractivity contribution is -0.387. The first-order valence-corrected chi connectivity index (χ1v) is 5.93. The van der Waals surface area contributed by atoms with E-state index in [1.165, 1.54) is 12.3 Å². The standard InChI is InChI=1S/C10H10FN3O2.C2H6/c1-2-3-13-9-5-10(14(15)16)8(11)4-7(9)6-12-13;1-2/h4-6H,2-3H2,1H3;1-2H3. The molecule has 0 bridgehead atoms. The number of hydrogen-bond acceptors (Lipinski definition) is 3. The van der Waals surface area contributed by atoms with Gasteiger partial charge >= 0.3 is 5.69 Å². The van der Waals surface area contributed by atoms with E-state index in [4.69, 9.17) is 0 Å². The molecule has 5 nitrogen and oxygen atoms in total. The van der Waals surface area contributed by atoms with Gasteiger partial charge in [-0.2, -0.15) is 9.49 Å². The van der Waals surface area contributed by atoms with Crippen LogP contribution in [-0.4, -0.2) is 14.7 Å². The van der Waals surface area contributed by atoms with Gasteiger partial charge in [-0.3, -0.25) is 14.8 Å². The third kappa shape index (κ3) is 2.64. The van der Waals surface area contributed by atoms with Crippen molar-refractivity contribution in [2.24, 2.45) is 0 Å². The van der Waals surface area contributed by atoms with E-state index in [0.717, 1.165) is 12.5 Å². The van der Waals surface area contributed by atoms with Crippen LogP contribution in [0.2, 0.25) is 0 Å². The van der Waals surface area contributed by atoms with Crippen LogP contribution < -0.4 is 0 Å². The molecule has 0 radical (unpaired) electrons. The van der Waals surface area contributed by atoms with Crippen LogP contribution in [0.1, 0.15) is 27.2 Å². The molecule has 0 aliphatic carbocycles. The molecule has 0 spiro atoms. The number of benzene rings is 1. The molecular formula is C12H16FN3O2. The summed E-state index contributed by atoms with van der Waals surface area (Å²) in [5.41, 5.74) is 0.0836. The number of nitro groups is 1. The first-order chi connectivity index (χ1) is 8.63. The fourth-order valence-electron chi connectivity index (χ4n) is 1.62. The monoisotopic (exact) mass is 253 g/mol. The molecule has 2 aromatic rings. The number of aromatic nitrogens is 2. The van der Waals surface area contributed by atoms with Crippen molar-refractivity contribution in [2.75, 3.05) is 0 Å². The second kappa shape index (κ2) is 6.09. The average molecular weight is 253 g/mol. The molecule has 6 heteroatoms. The zero-order valence-electron chi connectivity index (χ0n) is 10.7. The van der Waals surface area contributed by atoms with Gasteiger partial charge in [0, 0.05) is 18.0 Å². The molecule has 0 saturated carbocycles. The fraction of sp³-hybridized carbons (Fsp3) is 0.417. The zero-order chi connectivity index (χ0) is 13.7. The third-order valence-corrected chi connectivity index (χ3v) is 2.34. The van der Waals surface area contributed by atoms with Crippen LogP contribution in [0.5, 0.6) is 0 Å². The second-order valence-electron chi connectivity index (χ2n) is 3.49. The van der Waals surface area contributed by atoms with Gasteiger partial charge in [0.05, 0.1) is 16.6 Å². The van der Waals surface area contributed by atoms with Crippen molar-refractivity contribution in [3.05, 3.63) is 34.3 Å². The highest BCUT2D eigenvalue weighted by molar-refractivity contribution is 5.81.